The molecule has 0 saturated carbocycles. The Labute approximate surface area is 236 Å². The van der Waals surface area contributed by atoms with E-state index in [1.54, 1.807) is 23.0 Å². The van der Waals surface area contributed by atoms with E-state index >= 15 is 0 Å². The summed E-state index contributed by atoms with van der Waals surface area (Å²) < 4.78 is 52.0. The second-order valence-electron chi connectivity index (χ2n) is 9.06. The Kier molecular flexibility index (Phi) is 9.50. The van der Waals surface area contributed by atoms with Gasteiger partial charge in [-0.1, -0.05) is 0 Å². The molecular formula is C27H25F4N7O4. The van der Waals surface area contributed by atoms with Crippen LogP contribution in [-0.4, -0.2) is 86.2 Å². The number of alkyl halides is 3. The molecule has 0 amide bonds. The third-order valence-corrected chi connectivity index (χ3v) is 6.24. The van der Waals surface area contributed by atoms with Crippen LogP contribution < -0.4 is 9.64 Å². The summed E-state index contributed by atoms with van der Waals surface area (Å²) in [7, 11) is 0. The van der Waals surface area contributed by atoms with Gasteiger partial charge in [-0.3, -0.25) is 9.88 Å². The number of carbonyl (C=O) groups is 1. The normalized spacial score (nSPS) is 13.8. The van der Waals surface area contributed by atoms with E-state index in [0.29, 0.717) is 23.4 Å². The van der Waals surface area contributed by atoms with Crippen molar-refractivity contribution in [2.24, 2.45) is 0 Å². The number of piperazine rings is 1. The number of nitriles is 1. The first kappa shape index (κ1) is 30.2. The highest BCUT2D eigenvalue weighted by Gasteiger charge is 2.38. The van der Waals surface area contributed by atoms with Gasteiger partial charge in [0.25, 0.3) is 0 Å². The van der Waals surface area contributed by atoms with Gasteiger partial charge < -0.3 is 19.8 Å². The Bertz CT molecular complexity index is 1550. The molecular weight excluding hydrogens is 562 g/mol. The van der Waals surface area contributed by atoms with Gasteiger partial charge in [-0.2, -0.15) is 23.5 Å². The maximum Gasteiger partial charge on any atom is 0.490 e. The van der Waals surface area contributed by atoms with Crippen LogP contribution in [0.4, 0.5) is 23.4 Å². The Balaban J connectivity index is 0.000000517. The van der Waals surface area contributed by atoms with E-state index in [-0.39, 0.29) is 19.0 Å². The fourth-order valence-corrected chi connectivity index (χ4v) is 4.24. The highest BCUT2D eigenvalue weighted by atomic mass is 19.4. The van der Waals surface area contributed by atoms with Crippen LogP contribution in [0, 0.1) is 17.1 Å². The summed E-state index contributed by atoms with van der Waals surface area (Å²) >= 11 is 0. The maximum atomic E-state index is 13.1. The zero-order valence-electron chi connectivity index (χ0n) is 22.0. The number of hydrogen-bond donors (Lipinski definition) is 2. The second kappa shape index (κ2) is 13.2. The van der Waals surface area contributed by atoms with Gasteiger partial charge in [0.1, 0.15) is 30.1 Å². The molecule has 0 aromatic carbocycles. The van der Waals surface area contributed by atoms with Gasteiger partial charge in [-0.25, -0.2) is 18.7 Å². The van der Waals surface area contributed by atoms with Crippen LogP contribution in [0.25, 0.3) is 16.6 Å². The highest BCUT2D eigenvalue weighted by molar-refractivity contribution is 5.85. The molecule has 0 bridgehead atoms. The van der Waals surface area contributed by atoms with Crippen LogP contribution in [0.1, 0.15) is 11.3 Å². The maximum absolute atomic E-state index is 13.1. The molecule has 4 aromatic rings. The topological polar surface area (TPSA) is 140 Å². The van der Waals surface area contributed by atoms with Crippen molar-refractivity contribution in [3.63, 3.8) is 0 Å². The van der Waals surface area contributed by atoms with E-state index < -0.39 is 12.1 Å². The average Bonchev–Trinajstić information content (AvgIpc) is 3.40. The summed E-state index contributed by atoms with van der Waals surface area (Å²) in [4.78, 5) is 22.3. The molecule has 15 heteroatoms. The lowest BCUT2D eigenvalue weighted by Crippen LogP contribution is -2.46. The van der Waals surface area contributed by atoms with Gasteiger partial charge in [0.05, 0.1) is 42.0 Å². The number of fused-ring (bicyclic) bond motifs is 1. The fraction of sp³-hybridized carbons (Fsp3) is 0.296. The van der Waals surface area contributed by atoms with E-state index in [4.69, 9.17) is 24.7 Å². The van der Waals surface area contributed by atoms with Crippen LogP contribution in [0.3, 0.4) is 0 Å². The Morgan fingerprint density at radius 3 is 2.38 bits per heavy atom. The zero-order chi connectivity index (χ0) is 30.3. The number of carboxylic acid groups (broad SMARTS) is 1. The number of ether oxygens (including phenoxy) is 1. The first-order valence-corrected chi connectivity index (χ1v) is 12.6. The molecule has 0 unspecified atom stereocenters. The largest absolute Gasteiger partial charge is 0.490 e. The molecule has 5 heterocycles. The summed E-state index contributed by atoms with van der Waals surface area (Å²) in [6.45, 7) is 4.12. The Morgan fingerprint density at radius 2 is 1.81 bits per heavy atom. The number of pyridine rings is 3. The van der Waals surface area contributed by atoms with Crippen molar-refractivity contribution in [2.75, 3.05) is 44.3 Å². The Morgan fingerprint density at radius 1 is 1.07 bits per heavy atom. The molecule has 5 rings (SSSR count). The molecule has 2 N–H and O–H groups in total. The number of aliphatic hydroxyl groups excluding tert-OH is 1. The van der Waals surface area contributed by atoms with Crippen molar-refractivity contribution >= 4 is 17.3 Å². The number of rotatable bonds is 7. The molecule has 0 atom stereocenters. The van der Waals surface area contributed by atoms with Crippen molar-refractivity contribution in [1.29, 1.82) is 5.26 Å². The van der Waals surface area contributed by atoms with Crippen molar-refractivity contribution in [3.05, 3.63) is 72.2 Å². The van der Waals surface area contributed by atoms with Crippen molar-refractivity contribution in [2.45, 2.75) is 12.7 Å². The Hall–Kier alpha value is -4.81. The zero-order valence-corrected chi connectivity index (χ0v) is 22.0. The third-order valence-electron chi connectivity index (χ3n) is 6.24. The first-order valence-electron chi connectivity index (χ1n) is 12.6. The number of halogens is 4. The van der Waals surface area contributed by atoms with E-state index in [9.17, 15) is 22.8 Å². The molecule has 0 aliphatic carbocycles. The van der Waals surface area contributed by atoms with E-state index in [2.05, 4.69) is 26.0 Å². The fourth-order valence-electron chi connectivity index (χ4n) is 4.24. The standard InChI is InChI=1S/C25H24FN7O2.C2HF3O2/c26-20-2-3-21(28-15-20)16-31-5-7-32(8-6-31)24-4-1-18(13-29-24)23-11-22(35-10-9-34)17-33-25(23)19(12-27)14-30-33;3-2(4,5)1(6)7/h1-4,11,13-15,17,34H,5-10,16H2;(H,6,7). The van der Waals surface area contributed by atoms with Gasteiger partial charge in [0, 0.05) is 50.0 Å². The van der Waals surface area contributed by atoms with Crippen LogP contribution in [0.2, 0.25) is 0 Å². The molecule has 42 heavy (non-hydrogen) atoms. The summed E-state index contributed by atoms with van der Waals surface area (Å²) in [6.07, 6.45) is 1.18. The summed E-state index contributed by atoms with van der Waals surface area (Å²) in [5, 5.41) is 30.0. The lowest BCUT2D eigenvalue weighted by atomic mass is 10.1. The molecule has 1 aliphatic heterocycles. The molecule has 0 spiro atoms. The van der Waals surface area contributed by atoms with Crippen LogP contribution in [0.5, 0.6) is 5.75 Å². The highest BCUT2D eigenvalue weighted by Crippen LogP contribution is 2.31. The number of aromatic nitrogens is 4. The van der Waals surface area contributed by atoms with Gasteiger partial charge >= 0.3 is 12.1 Å². The predicted molar refractivity (Wildman–Crippen MR) is 141 cm³/mol. The average molecular weight is 588 g/mol. The molecule has 220 valence electrons. The molecule has 1 aliphatic rings. The van der Waals surface area contributed by atoms with Crippen molar-refractivity contribution in [3.8, 4) is 22.9 Å². The summed E-state index contributed by atoms with van der Waals surface area (Å²) in [5.74, 6) is -1.65. The minimum atomic E-state index is -5.08. The van der Waals surface area contributed by atoms with Gasteiger partial charge in [-0.15, -0.1) is 0 Å². The molecule has 0 radical (unpaired) electrons. The molecule has 11 nitrogen and oxygen atoms in total. The van der Waals surface area contributed by atoms with Crippen LogP contribution >= 0.6 is 0 Å². The number of hydrogen-bond acceptors (Lipinski definition) is 9. The summed E-state index contributed by atoms with van der Waals surface area (Å²) in [6, 6.07) is 11.2. The van der Waals surface area contributed by atoms with E-state index in [1.165, 1.54) is 18.5 Å². The molecule has 1 saturated heterocycles. The number of aliphatic carboxylic acids is 1. The SMILES string of the molecule is N#Cc1cnn2cc(OCCO)cc(-c3ccc(N4CCN(Cc5ccc(F)cn5)CC4)nc3)c12.O=C(O)C(F)(F)F. The van der Waals surface area contributed by atoms with E-state index in [0.717, 1.165) is 48.8 Å². The monoisotopic (exact) mass is 587 g/mol. The van der Waals surface area contributed by atoms with Crippen LogP contribution in [0.15, 0.2) is 55.1 Å². The quantitative estimate of drug-likeness (QED) is 0.310. The van der Waals surface area contributed by atoms with E-state index in [1.807, 2.05) is 18.2 Å². The smallest absolute Gasteiger partial charge is 0.490 e. The number of carboxylic acids is 1. The minimum absolute atomic E-state index is 0.0974. The predicted octanol–water partition coefficient (Wildman–Crippen LogP) is 3.13. The number of nitrogens with zero attached hydrogens (tertiary/aromatic N) is 7. The third kappa shape index (κ3) is 7.47. The summed E-state index contributed by atoms with van der Waals surface area (Å²) in [5.41, 5.74) is 3.62. The van der Waals surface area contributed by atoms with Gasteiger partial charge in [-0.05, 0) is 30.3 Å². The number of anilines is 1. The lowest BCUT2D eigenvalue weighted by Gasteiger charge is -2.35. The number of aliphatic hydroxyl groups is 1. The second-order valence-corrected chi connectivity index (χ2v) is 9.06. The first-order chi connectivity index (χ1) is 20.1. The van der Waals surface area contributed by atoms with Crippen molar-refractivity contribution in [1.82, 2.24) is 24.5 Å². The lowest BCUT2D eigenvalue weighted by molar-refractivity contribution is -0.192. The van der Waals surface area contributed by atoms with Crippen LogP contribution in [-0.2, 0) is 11.3 Å². The molecule has 1 fully saturated rings. The van der Waals surface area contributed by atoms with Crippen molar-refractivity contribution < 1.29 is 37.3 Å². The molecule has 4 aromatic heterocycles. The van der Waals surface area contributed by atoms with Gasteiger partial charge in [0.15, 0.2) is 0 Å². The minimum Gasteiger partial charge on any atom is -0.490 e. The van der Waals surface area contributed by atoms with Gasteiger partial charge in [0.2, 0.25) is 0 Å².